The van der Waals surface area contributed by atoms with Gasteiger partial charge in [0.05, 0.1) is 10.6 Å². The number of aromatic nitrogens is 1. The van der Waals surface area contributed by atoms with Crippen LogP contribution in [0.4, 0.5) is 5.69 Å². The molecule has 0 aliphatic carbocycles. The highest BCUT2D eigenvalue weighted by Gasteiger charge is 2.17. The molecule has 12 nitrogen and oxygen atoms in total. The fourth-order valence-electron chi connectivity index (χ4n) is 3.85. The molecule has 1 amide bonds. The van der Waals surface area contributed by atoms with Crippen molar-refractivity contribution in [3.63, 3.8) is 0 Å². The Hall–Kier alpha value is -4.79. The van der Waals surface area contributed by atoms with Crippen LogP contribution >= 0.6 is 0 Å². The molecule has 44 heavy (non-hydrogen) atoms. The van der Waals surface area contributed by atoms with Gasteiger partial charge in [0.15, 0.2) is 0 Å². The van der Waals surface area contributed by atoms with Gasteiger partial charge in [0.1, 0.15) is 18.1 Å². The summed E-state index contributed by atoms with van der Waals surface area (Å²) in [6.07, 6.45) is 0. The first-order valence-electron chi connectivity index (χ1n) is 13.1. The minimum atomic E-state index is -4.02. The Bertz CT molecular complexity index is 1890. The van der Waals surface area contributed by atoms with Gasteiger partial charge < -0.3 is 15.6 Å². The number of sulfonamides is 1. The van der Waals surface area contributed by atoms with E-state index in [2.05, 4.69) is 10.0 Å². The monoisotopic (exact) mass is 639 g/mol. The summed E-state index contributed by atoms with van der Waals surface area (Å²) in [5.41, 5.74) is 8.16. The van der Waals surface area contributed by atoms with Gasteiger partial charge in [-0.05, 0) is 49.2 Å². The van der Waals surface area contributed by atoms with Gasteiger partial charge in [0.25, 0.3) is 15.7 Å². The summed E-state index contributed by atoms with van der Waals surface area (Å²) >= 11 is 0. The summed E-state index contributed by atoms with van der Waals surface area (Å²) in [6.45, 7) is 3.48. The lowest BCUT2D eigenvalue weighted by atomic mass is 10.1. The molecule has 0 bridgehead atoms. The molecule has 0 aliphatic rings. The van der Waals surface area contributed by atoms with Crippen LogP contribution in [0.1, 0.15) is 27.9 Å². The molecule has 0 saturated heterocycles. The van der Waals surface area contributed by atoms with Crippen LogP contribution in [0.3, 0.4) is 0 Å². The molecular weight excluding hydrogens is 606 g/mol. The highest BCUT2D eigenvalue weighted by molar-refractivity contribution is 7.91. The Morgan fingerprint density at radius 2 is 1.48 bits per heavy atom. The molecule has 0 spiro atoms. The predicted molar refractivity (Wildman–Crippen MR) is 168 cm³/mol. The number of nitrogens with zero attached hydrogens (tertiary/aromatic N) is 1. The zero-order chi connectivity index (χ0) is 32.5. The van der Waals surface area contributed by atoms with Gasteiger partial charge in [0.2, 0.25) is 15.9 Å². The Morgan fingerprint density at radius 3 is 2.05 bits per heavy atom. The quantitative estimate of drug-likeness (QED) is 0.0990. The van der Waals surface area contributed by atoms with Gasteiger partial charge in [-0.1, -0.05) is 72.3 Å². The zero-order valence-electron chi connectivity index (χ0n) is 24.0. The van der Waals surface area contributed by atoms with E-state index in [1.807, 2.05) is 6.92 Å². The van der Waals surface area contributed by atoms with E-state index in [1.54, 1.807) is 79.7 Å². The molecule has 232 valence electrons. The second-order valence-electron chi connectivity index (χ2n) is 9.80. The van der Waals surface area contributed by atoms with Crippen LogP contribution in [-0.4, -0.2) is 37.7 Å². The molecule has 0 aliphatic heterocycles. The molecule has 1 heterocycles. The number of hydrogen-bond acceptors (Lipinski definition) is 7. The Kier molecular flexibility index (Phi) is 11.2. The van der Waals surface area contributed by atoms with Crippen molar-refractivity contribution < 1.29 is 26.2 Å². The molecule has 0 saturated carbocycles. The van der Waals surface area contributed by atoms with E-state index in [0.29, 0.717) is 16.8 Å². The van der Waals surface area contributed by atoms with E-state index in [9.17, 15) is 26.4 Å². The van der Waals surface area contributed by atoms with Crippen molar-refractivity contribution in [2.75, 3.05) is 4.72 Å². The molecule has 6 N–H and O–H groups in total. The number of nitrogens with two attached hydrogens (primary N) is 1. The lowest BCUT2D eigenvalue weighted by Gasteiger charge is -2.14. The van der Waals surface area contributed by atoms with E-state index in [-0.39, 0.29) is 35.3 Å². The molecule has 0 radical (unpaired) electrons. The first-order valence-corrected chi connectivity index (χ1v) is 16.2. The van der Waals surface area contributed by atoms with Crippen LogP contribution in [0, 0.1) is 19.3 Å². The van der Waals surface area contributed by atoms with Crippen molar-refractivity contribution in [3.8, 4) is 0 Å². The summed E-state index contributed by atoms with van der Waals surface area (Å²) < 4.78 is 58.1. The third-order valence-corrected chi connectivity index (χ3v) is 8.34. The second kappa shape index (κ2) is 14.6. The highest BCUT2D eigenvalue weighted by Crippen LogP contribution is 2.11. The topological polar surface area (TPSA) is 202 Å². The van der Waals surface area contributed by atoms with Crippen molar-refractivity contribution >= 4 is 37.6 Å². The van der Waals surface area contributed by atoms with Crippen molar-refractivity contribution in [2.24, 2.45) is 5.73 Å². The highest BCUT2D eigenvalue weighted by atomic mass is 32.2. The average molecular weight is 640 g/mol. The second-order valence-corrected chi connectivity index (χ2v) is 12.9. The number of carbonyl (C=O) groups is 1. The summed E-state index contributed by atoms with van der Waals surface area (Å²) in [5.74, 6) is -0.718. The minimum absolute atomic E-state index is 0.0419. The average Bonchev–Trinajstić information content (AvgIpc) is 2.96. The first kappa shape index (κ1) is 33.7. The third-order valence-electron chi connectivity index (χ3n) is 6.23. The van der Waals surface area contributed by atoms with Gasteiger partial charge in [-0.15, -0.1) is 0 Å². The van der Waals surface area contributed by atoms with E-state index in [4.69, 9.17) is 15.7 Å². The maximum absolute atomic E-state index is 12.9. The predicted octanol–water partition coefficient (Wildman–Crippen LogP) is 2.94. The number of rotatable bonds is 10. The number of nitrogens with one attached hydrogen (secondary N) is 3. The Morgan fingerprint density at radius 1 is 0.864 bits per heavy atom. The largest absolute Gasteiger partial charge is 0.384 e. The smallest absolute Gasteiger partial charge is 0.294 e. The molecule has 4 aromatic rings. The minimum Gasteiger partial charge on any atom is -0.384 e. The molecule has 0 fully saturated rings. The van der Waals surface area contributed by atoms with E-state index in [0.717, 1.165) is 11.1 Å². The lowest BCUT2D eigenvalue weighted by molar-refractivity contribution is -0.121. The molecule has 0 atom stereocenters. The molecule has 4 rings (SSSR count). The number of nitrogen functional groups attached to an aromatic ring is 1. The van der Waals surface area contributed by atoms with Crippen LogP contribution in [0.15, 0.2) is 101 Å². The van der Waals surface area contributed by atoms with E-state index in [1.165, 1.54) is 22.8 Å². The SMILES string of the molecule is Cc1ccc(NS(=O)(=O)Cc2ccccc2)c(=O)n1CC(=O)NCc1ccc(C(=N)N)cc1.Cc1ccc(S(=O)(=O)O)cc1. The summed E-state index contributed by atoms with van der Waals surface area (Å²) in [6, 6.07) is 24.5. The molecule has 14 heteroatoms. The Labute approximate surface area is 255 Å². The number of amides is 1. The standard InChI is InChI=1S/C23H25N5O4S.C7H8O3S/c1-16-7-12-20(27-33(31,32)15-18-5-3-2-4-6-18)23(30)28(16)14-21(29)26-13-17-8-10-19(11-9-17)22(24)25;1-6-2-4-7(5-3-6)11(8,9)10/h2-12,27H,13-15H2,1H3,(H3,24,25)(H,26,29);2-5H,1H3,(H,8,9,10). The van der Waals surface area contributed by atoms with Crippen molar-refractivity contribution in [1.29, 1.82) is 5.41 Å². The zero-order valence-corrected chi connectivity index (χ0v) is 25.7. The number of amidine groups is 1. The number of pyridine rings is 1. The number of carbonyl (C=O) groups excluding carboxylic acids is 1. The summed E-state index contributed by atoms with van der Waals surface area (Å²) in [4.78, 5) is 25.2. The first-order chi connectivity index (χ1) is 20.6. The summed E-state index contributed by atoms with van der Waals surface area (Å²) in [7, 11) is -7.83. The van der Waals surface area contributed by atoms with Crippen molar-refractivity contribution in [3.05, 3.63) is 129 Å². The lowest BCUT2D eigenvalue weighted by Crippen LogP contribution is -2.34. The van der Waals surface area contributed by atoms with Crippen molar-refractivity contribution in [2.45, 2.75) is 37.6 Å². The van der Waals surface area contributed by atoms with Crippen LogP contribution in [0.25, 0.3) is 0 Å². The molecule has 3 aromatic carbocycles. The van der Waals surface area contributed by atoms with Gasteiger partial charge >= 0.3 is 0 Å². The maximum atomic E-state index is 12.9. The van der Waals surface area contributed by atoms with Gasteiger partial charge in [0, 0.05) is 17.8 Å². The third kappa shape index (κ3) is 10.2. The fraction of sp³-hybridized carbons (Fsp3) is 0.167. The van der Waals surface area contributed by atoms with Crippen LogP contribution < -0.4 is 21.3 Å². The number of anilines is 1. The molecule has 1 aromatic heterocycles. The number of benzene rings is 3. The van der Waals surface area contributed by atoms with E-state index < -0.39 is 31.6 Å². The van der Waals surface area contributed by atoms with Crippen molar-refractivity contribution in [1.82, 2.24) is 9.88 Å². The van der Waals surface area contributed by atoms with Gasteiger partial charge in [-0.25, -0.2) is 8.42 Å². The van der Waals surface area contributed by atoms with Gasteiger partial charge in [-0.3, -0.25) is 24.3 Å². The fourth-order valence-corrected chi connectivity index (χ4v) is 5.53. The van der Waals surface area contributed by atoms with Crippen LogP contribution in [0.5, 0.6) is 0 Å². The number of hydrogen-bond donors (Lipinski definition) is 5. The van der Waals surface area contributed by atoms with Gasteiger partial charge in [-0.2, -0.15) is 8.42 Å². The maximum Gasteiger partial charge on any atom is 0.294 e. The molecule has 0 unspecified atom stereocenters. The Balaban J connectivity index is 0.000000404. The van der Waals surface area contributed by atoms with Crippen LogP contribution in [0.2, 0.25) is 0 Å². The van der Waals surface area contributed by atoms with E-state index >= 15 is 0 Å². The van der Waals surface area contributed by atoms with Crippen LogP contribution in [-0.2, 0) is 43.8 Å². The number of aryl methyl sites for hydroxylation is 2. The molecular formula is C30H33N5O7S2. The normalized spacial score (nSPS) is 11.2. The summed E-state index contributed by atoms with van der Waals surface area (Å²) in [5, 5.41) is 10.1.